The highest BCUT2D eigenvalue weighted by Gasteiger charge is 2.63. The minimum absolute atomic E-state index is 0.167. The van der Waals surface area contributed by atoms with E-state index >= 15 is 0 Å². The second kappa shape index (κ2) is 8.37. The van der Waals surface area contributed by atoms with Gasteiger partial charge in [-0.05, 0) is 53.6 Å². The van der Waals surface area contributed by atoms with Gasteiger partial charge in [0, 0.05) is 22.2 Å². The lowest BCUT2D eigenvalue weighted by atomic mass is 9.69. The van der Waals surface area contributed by atoms with Gasteiger partial charge in [-0.1, -0.05) is 54.1 Å². The average molecular weight is 466 g/mol. The minimum atomic E-state index is -1.48. The third kappa shape index (κ3) is 3.17. The zero-order chi connectivity index (χ0) is 23.9. The summed E-state index contributed by atoms with van der Waals surface area (Å²) in [7, 11) is 1.58. The number of para-hydroxylation sites is 1. The predicted molar refractivity (Wildman–Crippen MR) is 131 cm³/mol. The molecule has 166 valence electrons. The molecule has 5 rings (SSSR count). The van der Waals surface area contributed by atoms with Crippen LogP contribution in [0.2, 0.25) is 5.02 Å². The van der Waals surface area contributed by atoms with Gasteiger partial charge in [-0.25, -0.2) is 0 Å². The van der Waals surface area contributed by atoms with E-state index in [1.807, 2.05) is 53.5 Å². The molecule has 0 N–H and O–H groups in total. The van der Waals surface area contributed by atoms with Gasteiger partial charge < -0.3 is 9.64 Å². The lowest BCUT2D eigenvalue weighted by Crippen LogP contribution is -2.44. The maximum atomic E-state index is 14.1. The number of ketones is 1. The Labute approximate surface area is 203 Å². The van der Waals surface area contributed by atoms with Crippen LogP contribution in [0, 0.1) is 28.1 Å². The number of nitriles is 2. The van der Waals surface area contributed by atoms with Crippen LogP contribution < -0.4 is 9.64 Å². The average Bonchev–Trinajstić information content (AvgIpc) is 3.19. The van der Waals surface area contributed by atoms with E-state index in [-0.39, 0.29) is 5.78 Å². The van der Waals surface area contributed by atoms with Crippen molar-refractivity contribution in [2.45, 2.75) is 18.0 Å². The summed E-state index contributed by atoms with van der Waals surface area (Å²) in [6.45, 7) is 0. The van der Waals surface area contributed by atoms with E-state index < -0.39 is 23.4 Å². The number of anilines is 1. The monoisotopic (exact) mass is 465 g/mol. The summed E-state index contributed by atoms with van der Waals surface area (Å²) in [6.07, 6.45) is 3.81. The molecule has 1 fully saturated rings. The fraction of sp³-hybridized carbons (Fsp3) is 0.179. The van der Waals surface area contributed by atoms with E-state index in [0.29, 0.717) is 16.3 Å². The molecule has 2 aliphatic heterocycles. The van der Waals surface area contributed by atoms with Gasteiger partial charge in [0.15, 0.2) is 11.2 Å². The van der Waals surface area contributed by atoms with Crippen LogP contribution in [0.5, 0.6) is 5.75 Å². The van der Waals surface area contributed by atoms with Crippen molar-refractivity contribution >= 4 is 29.1 Å². The summed E-state index contributed by atoms with van der Waals surface area (Å²) in [5.41, 5.74) is 1.49. The quantitative estimate of drug-likeness (QED) is 0.466. The van der Waals surface area contributed by atoms with Crippen molar-refractivity contribution in [3.05, 3.63) is 101 Å². The van der Waals surface area contributed by atoms with Crippen LogP contribution in [0.4, 0.5) is 5.69 Å². The maximum absolute atomic E-state index is 14.1. The smallest absolute Gasteiger partial charge is 0.185 e. The third-order valence-corrected chi connectivity index (χ3v) is 7.04. The number of methoxy groups -OCH3 is 1. The molecule has 0 saturated carbocycles. The topological polar surface area (TPSA) is 77.1 Å². The van der Waals surface area contributed by atoms with Crippen molar-refractivity contribution < 1.29 is 9.53 Å². The number of benzene rings is 3. The largest absolute Gasteiger partial charge is 0.497 e. The summed E-state index contributed by atoms with van der Waals surface area (Å²) in [5.74, 6) is -0.206. The molecule has 0 unspecified atom stereocenters. The van der Waals surface area contributed by atoms with E-state index in [9.17, 15) is 15.3 Å². The highest BCUT2D eigenvalue weighted by Crippen LogP contribution is 2.55. The number of carbonyl (C=O) groups is 1. The molecule has 0 amide bonds. The van der Waals surface area contributed by atoms with Crippen molar-refractivity contribution in [3.8, 4) is 17.9 Å². The molecular weight excluding hydrogens is 446 g/mol. The van der Waals surface area contributed by atoms with Crippen molar-refractivity contribution in [2.75, 3.05) is 12.0 Å². The molecule has 0 spiro atoms. The summed E-state index contributed by atoms with van der Waals surface area (Å²) < 4.78 is 5.30. The van der Waals surface area contributed by atoms with E-state index in [4.69, 9.17) is 16.3 Å². The van der Waals surface area contributed by atoms with E-state index in [2.05, 4.69) is 12.1 Å². The molecule has 6 heteroatoms. The Morgan fingerprint density at radius 2 is 1.68 bits per heavy atom. The Bertz CT molecular complexity index is 1350. The Morgan fingerprint density at radius 3 is 2.32 bits per heavy atom. The Balaban J connectivity index is 1.76. The summed E-state index contributed by atoms with van der Waals surface area (Å²) in [5, 5.41) is 21.4. The first kappa shape index (κ1) is 21.8. The molecule has 3 aromatic rings. The zero-order valence-corrected chi connectivity index (χ0v) is 19.1. The Hall–Kier alpha value is -4.06. The number of ether oxygens (including phenoxy) is 1. The van der Waals surface area contributed by atoms with E-state index in [1.54, 1.807) is 43.5 Å². The zero-order valence-electron chi connectivity index (χ0n) is 18.4. The number of carbonyl (C=O) groups excluding carboxylic acids is 1. The van der Waals surface area contributed by atoms with Gasteiger partial charge in [-0.3, -0.25) is 4.79 Å². The van der Waals surface area contributed by atoms with Crippen molar-refractivity contribution in [1.29, 1.82) is 10.5 Å². The molecular formula is C28H20ClN3O2. The first-order valence-electron chi connectivity index (χ1n) is 10.9. The van der Waals surface area contributed by atoms with Crippen LogP contribution in [-0.2, 0) is 0 Å². The molecule has 0 aromatic heterocycles. The van der Waals surface area contributed by atoms with Crippen LogP contribution >= 0.6 is 11.6 Å². The lowest BCUT2D eigenvalue weighted by Gasteiger charge is -2.35. The highest BCUT2D eigenvalue weighted by molar-refractivity contribution is 6.30. The second-order valence-corrected chi connectivity index (χ2v) is 8.87. The summed E-state index contributed by atoms with van der Waals surface area (Å²) in [6, 6.07) is 25.0. The fourth-order valence-corrected chi connectivity index (χ4v) is 5.33. The van der Waals surface area contributed by atoms with E-state index in [1.165, 1.54) is 0 Å². The molecule has 2 heterocycles. The number of halogens is 1. The molecule has 5 nitrogen and oxygen atoms in total. The number of hydrogen-bond donors (Lipinski definition) is 0. The molecule has 34 heavy (non-hydrogen) atoms. The Morgan fingerprint density at radius 1 is 1.00 bits per heavy atom. The summed E-state index contributed by atoms with van der Waals surface area (Å²) >= 11 is 6.07. The van der Waals surface area contributed by atoms with Crippen molar-refractivity contribution in [3.63, 3.8) is 0 Å². The third-order valence-electron chi connectivity index (χ3n) is 6.79. The number of fused-ring (bicyclic) bond motifs is 3. The molecule has 3 aromatic carbocycles. The maximum Gasteiger partial charge on any atom is 0.185 e. The number of Topliss-reactive ketones (excluding diaryl/α,β-unsaturated/α-hetero) is 1. The normalized spacial score (nSPS) is 21.6. The molecule has 1 saturated heterocycles. The van der Waals surface area contributed by atoms with Crippen LogP contribution in [-0.4, -0.2) is 25.0 Å². The van der Waals surface area contributed by atoms with Crippen LogP contribution in [0.15, 0.2) is 78.9 Å². The van der Waals surface area contributed by atoms with Gasteiger partial charge in [-0.15, -0.1) is 0 Å². The number of hydrogen-bond acceptors (Lipinski definition) is 5. The Kier molecular flexibility index (Phi) is 5.36. The SMILES string of the molecule is COc1ccc([C@H]2[C@H](C(=O)c3ccc(Cl)cc3)N3c4ccccc4C=C[C@@H]3C2(C#N)C#N)cc1. The first-order valence-corrected chi connectivity index (χ1v) is 11.2. The second-order valence-electron chi connectivity index (χ2n) is 8.43. The van der Waals surface area contributed by atoms with E-state index in [0.717, 1.165) is 16.8 Å². The molecule has 3 atom stereocenters. The molecule has 2 aliphatic rings. The van der Waals surface area contributed by atoms with Gasteiger partial charge in [0.05, 0.1) is 25.3 Å². The van der Waals surface area contributed by atoms with Gasteiger partial charge in [0.2, 0.25) is 0 Å². The van der Waals surface area contributed by atoms with Crippen molar-refractivity contribution in [2.24, 2.45) is 5.41 Å². The molecule has 0 radical (unpaired) electrons. The van der Waals surface area contributed by atoms with Gasteiger partial charge in [-0.2, -0.15) is 10.5 Å². The first-order chi connectivity index (χ1) is 16.5. The summed E-state index contributed by atoms with van der Waals surface area (Å²) in [4.78, 5) is 16.0. The minimum Gasteiger partial charge on any atom is -0.497 e. The van der Waals surface area contributed by atoms with Crippen LogP contribution in [0.3, 0.4) is 0 Å². The molecule has 0 bridgehead atoms. The van der Waals surface area contributed by atoms with Crippen molar-refractivity contribution in [1.82, 2.24) is 0 Å². The van der Waals surface area contributed by atoms with Gasteiger partial charge in [0.1, 0.15) is 11.8 Å². The van der Waals surface area contributed by atoms with Crippen LogP contribution in [0.25, 0.3) is 6.08 Å². The molecule has 0 aliphatic carbocycles. The highest BCUT2D eigenvalue weighted by atomic mass is 35.5. The fourth-order valence-electron chi connectivity index (χ4n) is 5.20. The number of nitrogens with zero attached hydrogens (tertiary/aromatic N) is 3. The van der Waals surface area contributed by atoms with Gasteiger partial charge in [0.25, 0.3) is 0 Å². The standard InChI is InChI=1S/C28H20ClN3O2/c1-34-22-13-8-19(9-14-22)25-26(27(33)20-6-11-21(29)12-7-20)32-23-5-3-2-4-18(23)10-15-24(32)28(25,16-30)17-31/h2-15,24-26H,1H3/t24-,25+,26-/m1/s1. The number of rotatable bonds is 4. The van der Waals surface area contributed by atoms with Gasteiger partial charge >= 0.3 is 0 Å². The lowest BCUT2D eigenvalue weighted by molar-refractivity contribution is 0.0951. The van der Waals surface area contributed by atoms with Crippen LogP contribution in [0.1, 0.15) is 27.4 Å². The predicted octanol–water partition coefficient (Wildman–Crippen LogP) is 5.63.